The van der Waals surface area contributed by atoms with E-state index in [4.69, 9.17) is 18.9 Å². The molecule has 0 spiro atoms. The van der Waals surface area contributed by atoms with Crippen LogP contribution in [0.3, 0.4) is 0 Å². The second kappa shape index (κ2) is 6.05. The van der Waals surface area contributed by atoms with Gasteiger partial charge in [-0.2, -0.15) is 0 Å². The first kappa shape index (κ1) is 15.0. The van der Waals surface area contributed by atoms with Gasteiger partial charge in [-0.1, -0.05) is 44.2 Å². The van der Waals surface area contributed by atoms with Crippen molar-refractivity contribution in [3.63, 3.8) is 0 Å². The minimum Gasteiger partial charge on any atom is -0.376 e. The molecule has 2 saturated heterocycles. The first-order chi connectivity index (χ1) is 10.2. The molecule has 116 valence electrons. The summed E-state index contributed by atoms with van der Waals surface area (Å²) in [6, 6.07) is 10.2. The molecule has 2 bridgehead atoms. The molecular formula is C17H24O4. The standard InChI is InChI=1S/C17H24O4/c1-12(2)17-16(18-3)9-14(15(21-17)11-20-17)19-10-13-7-5-4-6-8-13/h4-8,12,14-16H,9-11H2,1-3H3. The molecule has 4 unspecified atom stereocenters. The van der Waals surface area contributed by atoms with Crippen LogP contribution >= 0.6 is 0 Å². The van der Waals surface area contributed by atoms with Crippen LogP contribution in [0.4, 0.5) is 0 Å². The number of hydrogen-bond acceptors (Lipinski definition) is 4. The van der Waals surface area contributed by atoms with Gasteiger partial charge in [0, 0.05) is 19.4 Å². The molecule has 2 aliphatic heterocycles. The molecule has 0 N–H and O–H groups in total. The second-order valence-electron chi connectivity index (χ2n) is 6.14. The summed E-state index contributed by atoms with van der Waals surface area (Å²) in [5.74, 6) is -0.353. The van der Waals surface area contributed by atoms with Crippen molar-refractivity contribution in [1.29, 1.82) is 0 Å². The van der Waals surface area contributed by atoms with Gasteiger partial charge < -0.3 is 18.9 Å². The number of rotatable bonds is 5. The Morgan fingerprint density at radius 3 is 2.71 bits per heavy atom. The summed E-state index contributed by atoms with van der Waals surface area (Å²) < 4.78 is 23.9. The van der Waals surface area contributed by atoms with Gasteiger partial charge in [-0.3, -0.25) is 0 Å². The fraction of sp³-hybridized carbons (Fsp3) is 0.647. The fourth-order valence-electron chi connectivity index (χ4n) is 3.28. The van der Waals surface area contributed by atoms with E-state index < -0.39 is 5.79 Å². The highest BCUT2D eigenvalue weighted by Gasteiger charge is 2.57. The van der Waals surface area contributed by atoms with Gasteiger partial charge in [-0.05, 0) is 5.56 Å². The van der Waals surface area contributed by atoms with Gasteiger partial charge in [0.05, 0.1) is 19.3 Å². The molecule has 1 aromatic carbocycles. The highest BCUT2D eigenvalue weighted by Crippen LogP contribution is 2.43. The van der Waals surface area contributed by atoms with E-state index >= 15 is 0 Å². The van der Waals surface area contributed by atoms with Crippen molar-refractivity contribution in [2.24, 2.45) is 5.92 Å². The van der Waals surface area contributed by atoms with Crippen LogP contribution < -0.4 is 0 Å². The lowest BCUT2D eigenvalue weighted by Gasteiger charge is -2.43. The van der Waals surface area contributed by atoms with E-state index in [1.165, 1.54) is 5.56 Å². The summed E-state index contributed by atoms with van der Waals surface area (Å²) in [5, 5.41) is 0. The summed E-state index contributed by atoms with van der Waals surface area (Å²) >= 11 is 0. The Morgan fingerprint density at radius 1 is 1.29 bits per heavy atom. The second-order valence-corrected chi connectivity index (χ2v) is 6.14. The van der Waals surface area contributed by atoms with Crippen LogP contribution in [0, 0.1) is 5.92 Å². The Kier molecular flexibility index (Phi) is 4.31. The van der Waals surface area contributed by atoms with E-state index in [-0.39, 0.29) is 24.2 Å². The van der Waals surface area contributed by atoms with Crippen LogP contribution in [0.25, 0.3) is 0 Å². The van der Waals surface area contributed by atoms with Crippen LogP contribution in [-0.4, -0.2) is 37.8 Å². The Hall–Kier alpha value is -0.940. The average Bonchev–Trinajstić information content (AvgIpc) is 2.89. The molecule has 4 heteroatoms. The van der Waals surface area contributed by atoms with E-state index in [1.807, 2.05) is 18.2 Å². The summed E-state index contributed by atoms with van der Waals surface area (Å²) in [6.45, 7) is 5.40. The lowest BCUT2D eigenvalue weighted by molar-refractivity contribution is -0.293. The van der Waals surface area contributed by atoms with Crippen LogP contribution in [0.15, 0.2) is 30.3 Å². The predicted octanol–water partition coefficient (Wildman–Crippen LogP) is 2.76. The zero-order chi connectivity index (χ0) is 14.9. The zero-order valence-electron chi connectivity index (χ0n) is 13.0. The lowest BCUT2D eigenvalue weighted by atomic mass is 9.90. The Bertz CT molecular complexity index is 461. The highest BCUT2D eigenvalue weighted by atomic mass is 16.8. The normalized spacial score (nSPS) is 35.3. The number of fused-ring (bicyclic) bond motifs is 2. The van der Waals surface area contributed by atoms with Crippen molar-refractivity contribution in [2.45, 2.75) is 51.0 Å². The van der Waals surface area contributed by atoms with Gasteiger partial charge in [0.1, 0.15) is 12.2 Å². The number of ether oxygens (including phenoxy) is 4. The van der Waals surface area contributed by atoms with Gasteiger partial charge in [0.25, 0.3) is 0 Å². The quantitative estimate of drug-likeness (QED) is 0.836. The lowest BCUT2D eigenvalue weighted by Crippen LogP contribution is -2.55. The molecule has 4 nitrogen and oxygen atoms in total. The Morgan fingerprint density at radius 2 is 2.05 bits per heavy atom. The third kappa shape index (κ3) is 2.73. The van der Waals surface area contributed by atoms with Gasteiger partial charge >= 0.3 is 0 Å². The van der Waals surface area contributed by atoms with Gasteiger partial charge in [-0.25, -0.2) is 0 Å². The number of benzene rings is 1. The molecule has 3 rings (SSSR count). The number of methoxy groups -OCH3 is 1. The predicted molar refractivity (Wildman–Crippen MR) is 78.8 cm³/mol. The summed E-state index contributed by atoms with van der Waals surface area (Å²) in [7, 11) is 1.72. The monoisotopic (exact) mass is 292 g/mol. The third-order valence-electron chi connectivity index (χ3n) is 4.51. The molecule has 21 heavy (non-hydrogen) atoms. The first-order valence-electron chi connectivity index (χ1n) is 7.66. The maximum Gasteiger partial charge on any atom is 0.197 e. The minimum absolute atomic E-state index is 0.00233. The average molecular weight is 292 g/mol. The SMILES string of the molecule is COC1CC(OCc2ccccc2)C2COC1(C(C)C)O2. The largest absolute Gasteiger partial charge is 0.376 e. The topological polar surface area (TPSA) is 36.9 Å². The first-order valence-corrected chi connectivity index (χ1v) is 7.66. The zero-order valence-corrected chi connectivity index (χ0v) is 13.0. The molecule has 2 aliphatic rings. The molecule has 0 radical (unpaired) electrons. The molecule has 1 aromatic rings. The van der Waals surface area contributed by atoms with Crippen LogP contribution in [-0.2, 0) is 25.6 Å². The van der Waals surface area contributed by atoms with Gasteiger partial charge in [0.15, 0.2) is 5.79 Å². The van der Waals surface area contributed by atoms with Crippen molar-refractivity contribution in [1.82, 2.24) is 0 Å². The Balaban J connectivity index is 1.66. The highest BCUT2D eigenvalue weighted by molar-refractivity contribution is 5.13. The van der Waals surface area contributed by atoms with E-state index in [9.17, 15) is 0 Å². The minimum atomic E-state index is -0.605. The van der Waals surface area contributed by atoms with E-state index in [1.54, 1.807) is 7.11 Å². The summed E-state index contributed by atoms with van der Waals surface area (Å²) in [5.41, 5.74) is 1.17. The number of hydrogen-bond donors (Lipinski definition) is 0. The van der Waals surface area contributed by atoms with Crippen molar-refractivity contribution in [3.8, 4) is 0 Å². The molecule has 0 aromatic heterocycles. The summed E-state index contributed by atoms with van der Waals surface area (Å²) in [4.78, 5) is 0. The van der Waals surface area contributed by atoms with Crippen molar-refractivity contribution in [3.05, 3.63) is 35.9 Å². The molecule has 4 atom stereocenters. The van der Waals surface area contributed by atoms with Gasteiger partial charge in [0.2, 0.25) is 0 Å². The van der Waals surface area contributed by atoms with Crippen molar-refractivity contribution >= 4 is 0 Å². The maximum absolute atomic E-state index is 6.18. The third-order valence-corrected chi connectivity index (χ3v) is 4.51. The van der Waals surface area contributed by atoms with E-state index in [0.717, 1.165) is 6.42 Å². The van der Waals surface area contributed by atoms with Crippen LogP contribution in [0.5, 0.6) is 0 Å². The van der Waals surface area contributed by atoms with E-state index in [0.29, 0.717) is 13.2 Å². The Labute approximate surface area is 126 Å². The van der Waals surface area contributed by atoms with Crippen molar-refractivity contribution < 1.29 is 18.9 Å². The molecular weight excluding hydrogens is 268 g/mol. The van der Waals surface area contributed by atoms with E-state index in [2.05, 4.69) is 26.0 Å². The smallest absolute Gasteiger partial charge is 0.197 e. The fourth-order valence-corrected chi connectivity index (χ4v) is 3.28. The molecule has 2 heterocycles. The molecule has 2 fully saturated rings. The van der Waals surface area contributed by atoms with Crippen LogP contribution in [0.1, 0.15) is 25.8 Å². The molecule has 0 saturated carbocycles. The molecule has 0 aliphatic carbocycles. The molecule has 0 amide bonds. The summed E-state index contributed by atoms with van der Waals surface area (Å²) in [6.07, 6.45) is 0.746. The van der Waals surface area contributed by atoms with Crippen LogP contribution in [0.2, 0.25) is 0 Å². The van der Waals surface area contributed by atoms with Gasteiger partial charge in [-0.15, -0.1) is 0 Å². The maximum atomic E-state index is 6.18. The van der Waals surface area contributed by atoms with Crippen molar-refractivity contribution in [2.75, 3.05) is 13.7 Å².